The highest BCUT2D eigenvalue weighted by Crippen LogP contribution is 2.21. The third kappa shape index (κ3) is 5.53. The second kappa shape index (κ2) is 7.56. The lowest BCUT2D eigenvalue weighted by atomic mass is 10.1. The molecule has 1 rings (SSSR count). The van der Waals surface area contributed by atoms with Crippen molar-refractivity contribution >= 4 is 23.5 Å². The molecule has 0 saturated heterocycles. The van der Waals surface area contributed by atoms with Crippen molar-refractivity contribution in [2.45, 2.75) is 20.8 Å². The van der Waals surface area contributed by atoms with Gasteiger partial charge in [-0.25, -0.2) is 0 Å². The number of hydrogen-bond acceptors (Lipinski definition) is 5. The van der Waals surface area contributed by atoms with Crippen molar-refractivity contribution in [1.29, 1.82) is 0 Å². The van der Waals surface area contributed by atoms with Crippen molar-refractivity contribution in [3.63, 3.8) is 0 Å². The van der Waals surface area contributed by atoms with Gasteiger partial charge < -0.3 is 30.0 Å². The molecule has 7 heteroatoms. The van der Waals surface area contributed by atoms with Crippen LogP contribution in [0, 0.1) is 20.8 Å². The molecule has 0 heterocycles. The normalized spacial score (nSPS) is 10.5. The maximum atomic E-state index is 12.0. The van der Waals surface area contributed by atoms with Gasteiger partial charge in [0, 0.05) is 5.69 Å². The van der Waals surface area contributed by atoms with Crippen LogP contribution in [0.5, 0.6) is 0 Å². The van der Waals surface area contributed by atoms with Gasteiger partial charge in [-0.1, -0.05) is 17.7 Å². The average Bonchev–Trinajstić information content (AvgIpc) is 2.31. The maximum absolute atomic E-state index is 12.0. The van der Waals surface area contributed by atoms with Crippen molar-refractivity contribution in [2.24, 2.45) is 0 Å². The number of aryl methyl sites for hydroxylation is 3. The van der Waals surface area contributed by atoms with Gasteiger partial charge in [0.05, 0.1) is 11.9 Å². The van der Waals surface area contributed by atoms with Gasteiger partial charge >= 0.3 is 0 Å². The molecule has 0 saturated carbocycles. The molecule has 1 aromatic carbocycles. The molecule has 0 unspecified atom stereocenters. The van der Waals surface area contributed by atoms with Crippen molar-refractivity contribution in [3.05, 3.63) is 28.8 Å². The third-order valence-corrected chi connectivity index (χ3v) is 3.14. The van der Waals surface area contributed by atoms with E-state index in [0.29, 0.717) is 5.69 Å². The smallest absolute Gasteiger partial charge is 0.279 e. The summed E-state index contributed by atoms with van der Waals surface area (Å²) in [5.74, 6) is -3.31. The van der Waals surface area contributed by atoms with Crippen LogP contribution in [0.25, 0.3) is 0 Å². The van der Waals surface area contributed by atoms with Gasteiger partial charge in [-0.3, -0.25) is 4.79 Å². The predicted molar refractivity (Wildman–Crippen MR) is 74.9 cm³/mol. The van der Waals surface area contributed by atoms with Crippen LogP contribution < -0.4 is 20.4 Å². The summed E-state index contributed by atoms with van der Waals surface area (Å²) in [5.41, 5.74) is 3.48. The number of quaternary nitrogens is 1. The summed E-state index contributed by atoms with van der Waals surface area (Å²) in [5, 5.41) is 23.9. The summed E-state index contributed by atoms with van der Waals surface area (Å²) in [4.78, 5) is 33.3. The molecule has 22 heavy (non-hydrogen) atoms. The molecule has 0 radical (unpaired) electrons. The summed E-state index contributed by atoms with van der Waals surface area (Å²) < 4.78 is 0. The summed E-state index contributed by atoms with van der Waals surface area (Å²) in [6.45, 7) is 4.19. The molecule has 0 aromatic heterocycles. The van der Waals surface area contributed by atoms with Crippen LogP contribution >= 0.6 is 0 Å². The van der Waals surface area contributed by atoms with E-state index in [1.807, 2.05) is 32.9 Å². The molecule has 1 amide bonds. The Balaban J connectivity index is 2.79. The van der Waals surface area contributed by atoms with Crippen molar-refractivity contribution < 1.29 is 29.5 Å². The number of carbonyl (C=O) groups is 3. The monoisotopic (exact) mass is 307 g/mol. The molecule has 0 aliphatic heterocycles. The minimum Gasteiger partial charge on any atom is -0.544 e. The highest BCUT2D eigenvalue weighted by molar-refractivity contribution is 5.93. The number of carbonyl (C=O) groups excluding carboxylic acids is 3. The number of rotatable bonds is 7. The predicted octanol–water partition coefficient (Wildman–Crippen LogP) is -3.06. The van der Waals surface area contributed by atoms with Gasteiger partial charge in [-0.05, 0) is 31.9 Å². The number of aliphatic carboxylic acids is 2. The van der Waals surface area contributed by atoms with Crippen molar-refractivity contribution in [1.82, 2.24) is 0 Å². The highest BCUT2D eigenvalue weighted by atomic mass is 16.4. The largest absolute Gasteiger partial charge is 0.544 e. The molecule has 0 spiro atoms. The lowest BCUT2D eigenvalue weighted by molar-refractivity contribution is -0.880. The molecule has 0 bridgehead atoms. The molecular weight excluding hydrogens is 288 g/mol. The fourth-order valence-electron chi connectivity index (χ4n) is 2.38. The van der Waals surface area contributed by atoms with E-state index in [0.717, 1.165) is 16.7 Å². The van der Waals surface area contributed by atoms with E-state index in [4.69, 9.17) is 0 Å². The van der Waals surface area contributed by atoms with Gasteiger partial charge in [-0.15, -0.1) is 0 Å². The molecular formula is C15H19N2O5-. The Morgan fingerprint density at radius 3 is 1.82 bits per heavy atom. The summed E-state index contributed by atoms with van der Waals surface area (Å²) in [6.07, 6.45) is 0. The quantitative estimate of drug-likeness (QED) is 0.555. The van der Waals surface area contributed by atoms with Crippen LogP contribution in [-0.2, 0) is 14.4 Å². The second-order valence-corrected chi connectivity index (χ2v) is 5.35. The number of amides is 1. The molecule has 0 fully saturated rings. The van der Waals surface area contributed by atoms with Crippen LogP contribution in [-0.4, -0.2) is 37.5 Å². The van der Waals surface area contributed by atoms with Gasteiger partial charge in [0.25, 0.3) is 5.91 Å². The first kappa shape index (κ1) is 17.6. The Bertz CT molecular complexity index is 559. The molecule has 7 nitrogen and oxygen atoms in total. The first-order valence-corrected chi connectivity index (χ1v) is 6.80. The average molecular weight is 307 g/mol. The van der Waals surface area contributed by atoms with Crippen LogP contribution in [0.2, 0.25) is 0 Å². The van der Waals surface area contributed by atoms with Gasteiger partial charge in [0.1, 0.15) is 13.1 Å². The van der Waals surface area contributed by atoms with Crippen molar-refractivity contribution in [3.8, 4) is 0 Å². The Hall–Kier alpha value is -2.41. The lowest BCUT2D eigenvalue weighted by Crippen LogP contribution is -3.15. The SMILES string of the molecule is Cc1cc(C)c(NC(=O)C[NH+](CC(=O)[O-])CC(=O)[O-])c(C)c1. The van der Waals surface area contributed by atoms with Gasteiger partial charge in [0.2, 0.25) is 0 Å². The van der Waals surface area contributed by atoms with Gasteiger partial charge in [-0.2, -0.15) is 0 Å². The summed E-state index contributed by atoms with van der Waals surface area (Å²) in [6, 6.07) is 3.82. The second-order valence-electron chi connectivity index (χ2n) is 5.35. The first-order valence-electron chi connectivity index (χ1n) is 6.80. The van der Waals surface area contributed by atoms with E-state index in [-0.39, 0.29) is 11.4 Å². The Labute approximate surface area is 128 Å². The molecule has 120 valence electrons. The van der Waals surface area contributed by atoms with Gasteiger partial charge in [0.15, 0.2) is 6.54 Å². The Morgan fingerprint density at radius 2 is 1.41 bits per heavy atom. The van der Waals surface area contributed by atoms with Crippen LogP contribution in [0.15, 0.2) is 12.1 Å². The van der Waals surface area contributed by atoms with E-state index in [1.54, 1.807) is 0 Å². The minimum atomic E-state index is -1.42. The van der Waals surface area contributed by atoms with E-state index in [1.165, 1.54) is 0 Å². The zero-order valence-corrected chi connectivity index (χ0v) is 12.8. The molecule has 0 atom stereocenters. The van der Waals surface area contributed by atoms with Crippen LogP contribution in [0.3, 0.4) is 0 Å². The fraction of sp³-hybridized carbons (Fsp3) is 0.400. The maximum Gasteiger partial charge on any atom is 0.279 e. The van der Waals surface area contributed by atoms with E-state index in [2.05, 4.69) is 5.32 Å². The van der Waals surface area contributed by atoms with Crippen LogP contribution in [0.1, 0.15) is 16.7 Å². The van der Waals surface area contributed by atoms with E-state index < -0.39 is 30.9 Å². The number of benzene rings is 1. The molecule has 2 N–H and O–H groups in total. The number of hydrogen-bond donors (Lipinski definition) is 2. The summed E-state index contributed by atoms with van der Waals surface area (Å²) in [7, 11) is 0. The minimum absolute atomic E-state index is 0.0416. The highest BCUT2D eigenvalue weighted by Gasteiger charge is 2.16. The molecule has 0 aliphatic carbocycles. The van der Waals surface area contributed by atoms with E-state index in [9.17, 15) is 24.6 Å². The number of carboxylic acid groups (broad SMARTS) is 2. The fourth-order valence-corrected chi connectivity index (χ4v) is 2.38. The number of nitrogens with one attached hydrogen (secondary N) is 2. The molecule has 0 aliphatic rings. The summed E-state index contributed by atoms with van der Waals surface area (Å²) >= 11 is 0. The number of carboxylic acids is 2. The Kier molecular flexibility index (Phi) is 6.06. The van der Waals surface area contributed by atoms with E-state index >= 15 is 0 Å². The van der Waals surface area contributed by atoms with Crippen LogP contribution in [0.4, 0.5) is 5.69 Å². The number of anilines is 1. The topological polar surface area (TPSA) is 114 Å². The third-order valence-electron chi connectivity index (χ3n) is 3.14. The standard InChI is InChI=1S/C15H20N2O5/c1-9-4-10(2)15(11(3)5-9)16-12(18)6-17(7-13(19)20)8-14(21)22/h4-5H,6-8H2,1-3H3,(H,16,18)(H,19,20)(H,21,22)/p-1. The Morgan fingerprint density at radius 1 is 0.955 bits per heavy atom. The van der Waals surface area contributed by atoms with Crippen molar-refractivity contribution in [2.75, 3.05) is 25.0 Å². The zero-order valence-electron chi connectivity index (χ0n) is 12.8. The lowest BCUT2D eigenvalue weighted by Gasteiger charge is -2.20. The zero-order chi connectivity index (χ0) is 16.9. The molecule has 1 aromatic rings. The first-order chi connectivity index (χ1) is 10.2.